The number of oxazole rings is 1. The summed E-state index contributed by atoms with van der Waals surface area (Å²) >= 11 is 0. The van der Waals surface area contributed by atoms with Crippen LogP contribution in [0.25, 0.3) is 11.1 Å². The normalized spacial score (nSPS) is 15.3. The van der Waals surface area contributed by atoms with E-state index in [4.69, 9.17) is 9.15 Å². The van der Waals surface area contributed by atoms with Gasteiger partial charge in [0.1, 0.15) is 11.3 Å². The molecular weight excluding hydrogens is 334 g/mol. The predicted molar refractivity (Wildman–Crippen MR) is 106 cm³/mol. The third-order valence-corrected chi connectivity index (χ3v) is 5.55. The largest absolute Gasteiger partial charge is 0.477 e. The Morgan fingerprint density at radius 1 is 0.889 bits per heavy atom. The highest BCUT2D eigenvalue weighted by Gasteiger charge is 2.41. The Hall–Kier alpha value is -3.07. The number of fused-ring (bicyclic) bond motifs is 2. The molecule has 1 aliphatic rings. The van der Waals surface area contributed by atoms with Crippen LogP contribution in [0.4, 0.5) is 0 Å². The summed E-state index contributed by atoms with van der Waals surface area (Å²) in [7, 11) is 0. The molecule has 0 unspecified atom stereocenters. The first-order valence-corrected chi connectivity index (χ1v) is 9.37. The highest BCUT2D eigenvalue weighted by Crippen LogP contribution is 2.47. The summed E-state index contributed by atoms with van der Waals surface area (Å²) in [4.78, 5) is 4.51. The molecule has 5 rings (SSSR count). The fourth-order valence-corrected chi connectivity index (χ4v) is 4.24. The minimum Gasteiger partial charge on any atom is -0.477 e. The van der Waals surface area contributed by atoms with Crippen molar-refractivity contribution < 1.29 is 9.15 Å². The molecule has 0 atom stereocenters. The van der Waals surface area contributed by atoms with Gasteiger partial charge in [-0.1, -0.05) is 60.7 Å². The first-order valence-electron chi connectivity index (χ1n) is 9.37. The molecule has 0 fully saturated rings. The lowest BCUT2D eigenvalue weighted by atomic mass is 9.79. The lowest BCUT2D eigenvalue weighted by Gasteiger charge is -2.40. The number of aryl methyl sites for hydroxylation is 3. The van der Waals surface area contributed by atoms with E-state index < -0.39 is 5.60 Å². The van der Waals surface area contributed by atoms with Crippen molar-refractivity contribution in [2.24, 2.45) is 0 Å². The zero-order valence-electron chi connectivity index (χ0n) is 15.5. The second-order valence-electron chi connectivity index (χ2n) is 7.23. The molecular formula is C24H21NO2. The molecule has 0 radical (unpaired) electrons. The highest BCUT2D eigenvalue weighted by atomic mass is 16.5. The molecule has 0 N–H and O–H groups in total. The third-order valence-electron chi connectivity index (χ3n) is 5.55. The SMILES string of the molecule is Cc1nc2cc3c(c(C)c2o1)OC(c1ccccc1)(c1ccccc1)CC3. The van der Waals surface area contributed by atoms with Crippen molar-refractivity contribution in [3.63, 3.8) is 0 Å². The van der Waals surface area contributed by atoms with Crippen molar-refractivity contribution in [2.45, 2.75) is 32.3 Å². The second-order valence-corrected chi connectivity index (χ2v) is 7.23. The molecule has 0 bridgehead atoms. The van der Waals surface area contributed by atoms with E-state index in [1.807, 2.05) is 19.1 Å². The van der Waals surface area contributed by atoms with Crippen LogP contribution in [0.5, 0.6) is 5.75 Å². The monoisotopic (exact) mass is 355 g/mol. The molecule has 0 spiro atoms. The standard InChI is InChI=1S/C24H21NO2/c1-16-22-18(15-21-23(16)26-17(2)25-21)13-14-24(27-22,19-9-5-3-6-10-19)20-11-7-4-8-12-20/h3-12,15H,13-14H2,1-2H3. The summed E-state index contributed by atoms with van der Waals surface area (Å²) in [5, 5.41) is 0. The molecule has 0 saturated heterocycles. The van der Waals surface area contributed by atoms with Gasteiger partial charge in [-0.15, -0.1) is 0 Å². The summed E-state index contributed by atoms with van der Waals surface area (Å²) in [5.41, 5.74) is 5.82. The van der Waals surface area contributed by atoms with Gasteiger partial charge in [0, 0.05) is 12.5 Å². The molecule has 27 heavy (non-hydrogen) atoms. The van der Waals surface area contributed by atoms with Crippen molar-refractivity contribution in [3.05, 3.63) is 94.9 Å². The maximum absolute atomic E-state index is 6.85. The Balaban J connectivity index is 1.73. The fourth-order valence-electron chi connectivity index (χ4n) is 4.24. The Morgan fingerprint density at radius 3 is 2.15 bits per heavy atom. The maximum atomic E-state index is 6.85. The first-order chi connectivity index (χ1) is 13.2. The number of hydrogen-bond donors (Lipinski definition) is 0. The number of benzene rings is 3. The van der Waals surface area contributed by atoms with E-state index in [0.29, 0.717) is 5.89 Å². The topological polar surface area (TPSA) is 35.3 Å². The van der Waals surface area contributed by atoms with E-state index in [9.17, 15) is 0 Å². The van der Waals surface area contributed by atoms with Gasteiger partial charge in [-0.3, -0.25) is 0 Å². The highest BCUT2D eigenvalue weighted by molar-refractivity contribution is 5.81. The van der Waals surface area contributed by atoms with Gasteiger partial charge >= 0.3 is 0 Å². The predicted octanol–water partition coefficient (Wildman–Crippen LogP) is 5.71. The molecule has 4 aromatic rings. The Bertz CT molecular complexity index is 1070. The number of hydrogen-bond acceptors (Lipinski definition) is 3. The van der Waals surface area contributed by atoms with Gasteiger partial charge in [-0.2, -0.15) is 0 Å². The van der Waals surface area contributed by atoms with Gasteiger partial charge in [-0.05, 0) is 42.5 Å². The number of aromatic nitrogens is 1. The van der Waals surface area contributed by atoms with Gasteiger partial charge in [0.25, 0.3) is 0 Å². The van der Waals surface area contributed by atoms with Crippen molar-refractivity contribution in [1.29, 1.82) is 0 Å². The van der Waals surface area contributed by atoms with E-state index in [1.54, 1.807) is 0 Å². The van der Waals surface area contributed by atoms with Crippen LogP contribution in [0.1, 0.15) is 34.6 Å². The average molecular weight is 355 g/mol. The van der Waals surface area contributed by atoms with Crippen LogP contribution < -0.4 is 4.74 Å². The van der Waals surface area contributed by atoms with Crippen molar-refractivity contribution in [1.82, 2.24) is 4.98 Å². The summed E-state index contributed by atoms with van der Waals surface area (Å²) in [6.07, 6.45) is 1.82. The summed E-state index contributed by atoms with van der Waals surface area (Å²) < 4.78 is 12.7. The van der Waals surface area contributed by atoms with Crippen LogP contribution in [0, 0.1) is 13.8 Å². The summed E-state index contributed by atoms with van der Waals surface area (Å²) in [6.45, 7) is 3.95. The van der Waals surface area contributed by atoms with E-state index >= 15 is 0 Å². The van der Waals surface area contributed by atoms with Crippen LogP contribution in [0.3, 0.4) is 0 Å². The Labute approximate surface area is 158 Å². The first kappa shape index (κ1) is 16.1. The van der Waals surface area contributed by atoms with Gasteiger partial charge in [0.15, 0.2) is 17.1 Å². The molecule has 1 aromatic heterocycles. The van der Waals surface area contributed by atoms with Crippen LogP contribution in [0.2, 0.25) is 0 Å². The van der Waals surface area contributed by atoms with Crippen molar-refractivity contribution in [3.8, 4) is 5.75 Å². The zero-order chi connectivity index (χ0) is 18.4. The van der Waals surface area contributed by atoms with Gasteiger partial charge in [0.05, 0.1) is 0 Å². The van der Waals surface area contributed by atoms with Crippen LogP contribution in [-0.4, -0.2) is 4.98 Å². The average Bonchev–Trinajstić information content (AvgIpc) is 3.10. The minimum atomic E-state index is -0.497. The van der Waals surface area contributed by atoms with Crippen molar-refractivity contribution >= 4 is 11.1 Å². The summed E-state index contributed by atoms with van der Waals surface area (Å²) in [6, 6.07) is 23.2. The third kappa shape index (κ3) is 2.46. The van der Waals surface area contributed by atoms with E-state index in [0.717, 1.165) is 35.3 Å². The van der Waals surface area contributed by atoms with Crippen LogP contribution >= 0.6 is 0 Å². The lowest BCUT2D eigenvalue weighted by molar-refractivity contribution is 0.0842. The number of nitrogens with zero attached hydrogens (tertiary/aromatic N) is 1. The second kappa shape index (κ2) is 5.98. The molecule has 2 heterocycles. The van der Waals surface area contributed by atoms with Crippen molar-refractivity contribution in [2.75, 3.05) is 0 Å². The fraction of sp³-hybridized carbons (Fsp3) is 0.208. The molecule has 3 heteroatoms. The van der Waals surface area contributed by atoms with Gasteiger partial charge < -0.3 is 9.15 Å². The maximum Gasteiger partial charge on any atom is 0.192 e. The van der Waals surface area contributed by atoms with Crippen LogP contribution in [0.15, 0.2) is 71.1 Å². The number of rotatable bonds is 2. The zero-order valence-corrected chi connectivity index (χ0v) is 15.5. The molecule has 0 aliphatic carbocycles. The van der Waals surface area contributed by atoms with E-state index in [2.05, 4.69) is 66.5 Å². The molecule has 0 saturated carbocycles. The summed E-state index contributed by atoms with van der Waals surface area (Å²) in [5.74, 6) is 1.62. The van der Waals surface area contributed by atoms with Gasteiger partial charge in [-0.25, -0.2) is 4.98 Å². The smallest absolute Gasteiger partial charge is 0.192 e. The van der Waals surface area contributed by atoms with E-state index in [-0.39, 0.29) is 0 Å². The Morgan fingerprint density at radius 2 is 1.52 bits per heavy atom. The molecule has 0 amide bonds. The lowest BCUT2D eigenvalue weighted by Crippen LogP contribution is -2.38. The quantitative estimate of drug-likeness (QED) is 0.462. The Kier molecular flexibility index (Phi) is 3.57. The molecule has 134 valence electrons. The van der Waals surface area contributed by atoms with Crippen LogP contribution in [-0.2, 0) is 12.0 Å². The number of ether oxygens (including phenoxy) is 1. The molecule has 3 nitrogen and oxygen atoms in total. The van der Waals surface area contributed by atoms with E-state index in [1.165, 1.54) is 16.7 Å². The molecule has 1 aliphatic heterocycles. The minimum absolute atomic E-state index is 0.497. The van der Waals surface area contributed by atoms with Gasteiger partial charge in [0.2, 0.25) is 0 Å². The molecule has 3 aromatic carbocycles.